The Morgan fingerprint density at radius 1 is 1.45 bits per heavy atom. The highest BCUT2D eigenvalue weighted by molar-refractivity contribution is 7.87. The molecule has 0 bridgehead atoms. The molecule has 124 valence electrons. The predicted molar refractivity (Wildman–Crippen MR) is 67.4 cm³/mol. The van der Waals surface area contributed by atoms with E-state index < -0.39 is 46.0 Å². The number of amides is 2. The normalized spacial score (nSPS) is 18.6. The van der Waals surface area contributed by atoms with Crippen molar-refractivity contribution in [2.75, 3.05) is 13.3 Å². The zero-order valence-electron chi connectivity index (χ0n) is 11.2. The Hall–Kier alpha value is -1.86. The van der Waals surface area contributed by atoms with E-state index in [9.17, 15) is 22.8 Å². The van der Waals surface area contributed by atoms with Crippen LogP contribution in [-0.2, 0) is 34.1 Å². The number of nitrogens with zero attached hydrogens (tertiary/aromatic N) is 1. The second-order valence-corrected chi connectivity index (χ2v) is 5.87. The van der Waals surface area contributed by atoms with Crippen LogP contribution in [0, 0.1) is 0 Å². The van der Waals surface area contributed by atoms with Crippen molar-refractivity contribution in [3.8, 4) is 0 Å². The van der Waals surface area contributed by atoms with E-state index in [0.717, 1.165) is 0 Å². The van der Waals surface area contributed by atoms with Gasteiger partial charge in [0.15, 0.2) is 5.25 Å². The predicted octanol–water partition coefficient (Wildman–Crippen LogP) is -1.64. The Morgan fingerprint density at radius 2 is 2.09 bits per heavy atom. The first kappa shape index (κ1) is 18.2. The van der Waals surface area contributed by atoms with Gasteiger partial charge < -0.3 is 14.8 Å². The molecule has 0 aromatic carbocycles. The van der Waals surface area contributed by atoms with Gasteiger partial charge in [-0.15, -0.1) is 5.06 Å². The van der Waals surface area contributed by atoms with Crippen molar-refractivity contribution in [2.24, 2.45) is 0 Å². The van der Waals surface area contributed by atoms with Gasteiger partial charge >= 0.3 is 5.97 Å². The lowest BCUT2D eigenvalue weighted by atomic mass is 10.2. The number of hydrogen-bond acceptors (Lipinski definition) is 9. The maximum absolute atomic E-state index is 11.6. The third-order valence-electron chi connectivity index (χ3n) is 2.48. The van der Waals surface area contributed by atoms with E-state index in [1.807, 2.05) is 0 Å². The summed E-state index contributed by atoms with van der Waals surface area (Å²) >= 11 is 0. The minimum Gasteiger partial charge on any atom is -0.360 e. The number of hydroxylamine groups is 3. The van der Waals surface area contributed by atoms with Crippen LogP contribution in [0.1, 0.15) is 12.8 Å². The molecule has 1 saturated heterocycles. The first-order valence-electron chi connectivity index (χ1n) is 5.82. The Morgan fingerprint density at radius 3 is 2.59 bits per heavy atom. The van der Waals surface area contributed by atoms with Gasteiger partial charge in [-0.25, -0.2) is 4.79 Å². The smallest absolute Gasteiger partial charge is 0.337 e. The van der Waals surface area contributed by atoms with Crippen LogP contribution in [0.25, 0.3) is 0 Å². The zero-order chi connectivity index (χ0) is 16.9. The van der Waals surface area contributed by atoms with Gasteiger partial charge in [-0.05, 0) is 5.57 Å². The van der Waals surface area contributed by atoms with Gasteiger partial charge in [-0.1, -0.05) is 6.58 Å². The lowest BCUT2D eigenvalue weighted by Crippen LogP contribution is -2.36. The molecule has 0 aromatic heterocycles. The van der Waals surface area contributed by atoms with Gasteiger partial charge in [0.1, 0.15) is 6.73 Å². The molecule has 1 heterocycles. The van der Waals surface area contributed by atoms with Crippen LogP contribution in [0.15, 0.2) is 12.2 Å². The molecule has 0 saturated carbocycles. The van der Waals surface area contributed by atoms with Crippen LogP contribution < -0.4 is 5.48 Å². The van der Waals surface area contributed by atoms with Crippen molar-refractivity contribution < 1.29 is 42.1 Å². The molecule has 12 heteroatoms. The number of imide groups is 1. The van der Waals surface area contributed by atoms with Crippen molar-refractivity contribution in [3.63, 3.8) is 0 Å². The molecule has 1 unspecified atom stereocenters. The molecule has 22 heavy (non-hydrogen) atoms. The quantitative estimate of drug-likeness (QED) is 0.117. The second-order valence-electron chi connectivity index (χ2n) is 4.28. The van der Waals surface area contributed by atoms with Crippen LogP contribution in [0.2, 0.25) is 0 Å². The van der Waals surface area contributed by atoms with Crippen LogP contribution >= 0.6 is 0 Å². The van der Waals surface area contributed by atoms with E-state index in [1.54, 1.807) is 5.48 Å². The molecule has 1 aliphatic rings. The van der Waals surface area contributed by atoms with Gasteiger partial charge in [-0.3, -0.25) is 14.1 Å². The lowest BCUT2D eigenvalue weighted by Gasteiger charge is -2.13. The minimum atomic E-state index is -4.76. The topological polar surface area (TPSA) is 160 Å². The van der Waals surface area contributed by atoms with Gasteiger partial charge in [0.25, 0.3) is 21.9 Å². The SMILES string of the molecule is C=C(COCNO)CC(=O)ON1C(=O)CC(S(=O)(=O)O)C1=O. The number of carbonyl (C=O) groups excluding carboxylic acids is 3. The number of carbonyl (C=O) groups is 3. The summed E-state index contributed by atoms with van der Waals surface area (Å²) in [5, 5.41) is 6.28. The highest BCUT2D eigenvalue weighted by atomic mass is 32.2. The standard InChI is InChI=1S/C10H14N2O9S/c1-6(4-20-5-11-16)2-9(14)21-12-8(13)3-7(10(12)15)22(17,18)19/h7,11,16H,1-5H2,(H,17,18,19). The largest absolute Gasteiger partial charge is 0.360 e. The van der Waals surface area contributed by atoms with E-state index in [-0.39, 0.29) is 24.0 Å². The average molecular weight is 338 g/mol. The van der Waals surface area contributed by atoms with Crippen LogP contribution in [-0.4, -0.2) is 59.6 Å². The molecule has 1 atom stereocenters. The fourth-order valence-electron chi connectivity index (χ4n) is 1.54. The van der Waals surface area contributed by atoms with Gasteiger partial charge in [0.2, 0.25) is 0 Å². The molecule has 1 rings (SSSR count). The van der Waals surface area contributed by atoms with Crippen molar-refractivity contribution >= 4 is 27.9 Å². The lowest BCUT2D eigenvalue weighted by molar-refractivity contribution is -0.197. The van der Waals surface area contributed by atoms with Crippen molar-refractivity contribution in [1.29, 1.82) is 0 Å². The summed E-state index contributed by atoms with van der Waals surface area (Å²) in [5.41, 5.74) is 1.94. The summed E-state index contributed by atoms with van der Waals surface area (Å²) in [7, 11) is -4.76. The summed E-state index contributed by atoms with van der Waals surface area (Å²) in [4.78, 5) is 39.0. The number of nitrogens with one attached hydrogen (secondary N) is 1. The fourth-order valence-corrected chi connectivity index (χ4v) is 2.25. The van der Waals surface area contributed by atoms with Crippen molar-refractivity contribution in [3.05, 3.63) is 12.2 Å². The maximum atomic E-state index is 11.6. The third-order valence-corrected chi connectivity index (χ3v) is 3.57. The third kappa shape index (κ3) is 4.85. The van der Waals surface area contributed by atoms with E-state index >= 15 is 0 Å². The Labute approximate surface area is 125 Å². The molecule has 3 N–H and O–H groups in total. The van der Waals surface area contributed by atoms with Crippen molar-refractivity contribution in [1.82, 2.24) is 10.5 Å². The first-order valence-corrected chi connectivity index (χ1v) is 7.32. The molecule has 1 aliphatic heterocycles. The summed E-state index contributed by atoms with van der Waals surface area (Å²) < 4.78 is 35.4. The molecule has 2 amide bonds. The van der Waals surface area contributed by atoms with E-state index in [4.69, 9.17) is 14.5 Å². The summed E-state index contributed by atoms with van der Waals surface area (Å²) in [6.07, 6.45) is -1.21. The maximum Gasteiger partial charge on any atom is 0.337 e. The molecular formula is C10H14N2O9S. The van der Waals surface area contributed by atoms with Crippen molar-refractivity contribution in [2.45, 2.75) is 18.1 Å². The van der Waals surface area contributed by atoms with E-state index in [0.29, 0.717) is 0 Å². The van der Waals surface area contributed by atoms with Crippen LogP contribution in [0.3, 0.4) is 0 Å². The average Bonchev–Trinajstić information content (AvgIpc) is 2.66. The Kier molecular flexibility index (Phi) is 6.13. The second kappa shape index (κ2) is 7.42. The number of hydrogen-bond donors (Lipinski definition) is 3. The Balaban J connectivity index is 2.56. The van der Waals surface area contributed by atoms with Gasteiger partial charge in [0.05, 0.1) is 19.4 Å². The highest BCUT2D eigenvalue weighted by Gasteiger charge is 2.48. The zero-order valence-corrected chi connectivity index (χ0v) is 12.0. The minimum absolute atomic E-state index is 0.00415. The molecule has 0 aromatic rings. The molecule has 0 radical (unpaired) electrons. The molecule has 1 fully saturated rings. The van der Waals surface area contributed by atoms with Crippen LogP contribution in [0.4, 0.5) is 0 Å². The van der Waals surface area contributed by atoms with Crippen LogP contribution in [0.5, 0.6) is 0 Å². The molecular weight excluding hydrogens is 324 g/mol. The summed E-state index contributed by atoms with van der Waals surface area (Å²) in [5.74, 6) is -3.44. The van der Waals surface area contributed by atoms with Gasteiger partial charge in [0, 0.05) is 0 Å². The first-order chi connectivity index (χ1) is 10.2. The summed E-state index contributed by atoms with van der Waals surface area (Å²) in [6.45, 7) is 3.17. The highest BCUT2D eigenvalue weighted by Crippen LogP contribution is 2.20. The number of ether oxygens (including phenoxy) is 1. The summed E-state index contributed by atoms with van der Waals surface area (Å²) in [6, 6.07) is 0. The van der Waals surface area contributed by atoms with Gasteiger partial charge in [-0.2, -0.15) is 13.9 Å². The molecule has 0 aliphatic carbocycles. The molecule has 0 spiro atoms. The fraction of sp³-hybridized carbons (Fsp3) is 0.500. The Bertz CT molecular complexity index is 585. The monoisotopic (exact) mass is 338 g/mol. The molecule has 11 nitrogen and oxygen atoms in total. The number of rotatable bonds is 8. The van der Waals surface area contributed by atoms with E-state index in [2.05, 4.69) is 11.4 Å². The van der Waals surface area contributed by atoms with E-state index in [1.165, 1.54) is 0 Å².